The Hall–Kier alpha value is -4.00. The number of carbonyl (C=O) groups excluding carboxylic acids is 2. The number of benzene rings is 3. The van der Waals surface area contributed by atoms with E-state index in [1.807, 2.05) is 19.1 Å². The third-order valence-corrected chi connectivity index (χ3v) is 5.10. The molecule has 0 aliphatic carbocycles. The lowest BCUT2D eigenvalue weighted by molar-refractivity contribution is 0.0732. The number of rotatable bonds is 5. The van der Waals surface area contributed by atoms with Crippen LogP contribution in [0.5, 0.6) is 23.0 Å². The summed E-state index contributed by atoms with van der Waals surface area (Å²) < 4.78 is 21.9. The summed E-state index contributed by atoms with van der Waals surface area (Å²) in [7, 11) is 3.19. The monoisotopic (exact) mass is 433 g/mol. The first-order valence-electron chi connectivity index (χ1n) is 10.1. The molecule has 164 valence electrons. The van der Waals surface area contributed by atoms with Gasteiger partial charge in [-0.05, 0) is 55.5 Å². The van der Waals surface area contributed by atoms with Crippen LogP contribution in [0.3, 0.4) is 0 Å². The summed E-state index contributed by atoms with van der Waals surface area (Å²) >= 11 is 0. The average molecular weight is 433 g/mol. The van der Waals surface area contributed by atoms with E-state index < -0.39 is 5.97 Å². The molecule has 7 heteroatoms. The Labute approximate surface area is 186 Å². The van der Waals surface area contributed by atoms with E-state index in [1.165, 1.54) is 7.11 Å². The maximum atomic E-state index is 12.7. The van der Waals surface area contributed by atoms with E-state index in [1.54, 1.807) is 60.5 Å². The number of amides is 1. The number of anilines is 1. The second-order valence-corrected chi connectivity index (χ2v) is 7.32. The fourth-order valence-electron chi connectivity index (χ4n) is 3.30. The number of aryl methyl sites for hydroxylation is 1. The van der Waals surface area contributed by atoms with E-state index in [2.05, 4.69) is 0 Å². The van der Waals surface area contributed by atoms with Crippen molar-refractivity contribution in [3.63, 3.8) is 0 Å². The van der Waals surface area contributed by atoms with E-state index in [-0.39, 0.29) is 11.5 Å². The highest BCUT2D eigenvalue weighted by Crippen LogP contribution is 2.40. The third kappa shape index (κ3) is 4.37. The topological polar surface area (TPSA) is 74.3 Å². The first-order valence-corrected chi connectivity index (χ1v) is 10.1. The lowest BCUT2D eigenvalue weighted by atomic mass is 10.1. The van der Waals surface area contributed by atoms with E-state index in [9.17, 15) is 9.59 Å². The van der Waals surface area contributed by atoms with Crippen molar-refractivity contribution in [2.45, 2.75) is 6.92 Å². The van der Waals surface area contributed by atoms with Crippen LogP contribution in [0.4, 0.5) is 5.69 Å². The van der Waals surface area contributed by atoms with Crippen molar-refractivity contribution in [1.29, 1.82) is 0 Å². The molecule has 3 aromatic carbocycles. The van der Waals surface area contributed by atoms with Gasteiger partial charge in [-0.15, -0.1) is 0 Å². The SMILES string of the molecule is COc1cc(C(=O)Oc2ccc(N(C)C(=O)c3ccc(C)cc3)cc2)cc2c1OCCO2. The van der Waals surface area contributed by atoms with Gasteiger partial charge in [0.15, 0.2) is 11.5 Å². The molecular weight excluding hydrogens is 410 g/mol. The Balaban J connectivity index is 1.47. The number of nitrogens with zero attached hydrogens (tertiary/aromatic N) is 1. The minimum atomic E-state index is -0.558. The molecule has 1 aliphatic heterocycles. The first-order chi connectivity index (χ1) is 15.5. The molecule has 0 aromatic heterocycles. The fourth-order valence-corrected chi connectivity index (χ4v) is 3.30. The zero-order valence-electron chi connectivity index (χ0n) is 18.1. The predicted octanol–water partition coefficient (Wildman–Crippen LogP) is 4.27. The Morgan fingerprint density at radius 1 is 0.906 bits per heavy atom. The molecule has 3 aromatic rings. The van der Waals surface area contributed by atoms with Crippen molar-refractivity contribution < 1.29 is 28.5 Å². The number of methoxy groups -OCH3 is 1. The Morgan fingerprint density at radius 2 is 1.59 bits per heavy atom. The van der Waals surface area contributed by atoms with Gasteiger partial charge in [0.1, 0.15) is 19.0 Å². The van der Waals surface area contributed by atoms with Gasteiger partial charge in [0, 0.05) is 18.3 Å². The van der Waals surface area contributed by atoms with Crippen molar-refractivity contribution >= 4 is 17.6 Å². The van der Waals surface area contributed by atoms with Crippen LogP contribution in [-0.4, -0.2) is 39.2 Å². The van der Waals surface area contributed by atoms with E-state index in [4.69, 9.17) is 18.9 Å². The molecule has 0 saturated carbocycles. The molecule has 4 rings (SSSR count). The van der Waals surface area contributed by atoms with Crippen LogP contribution < -0.4 is 23.8 Å². The fraction of sp³-hybridized carbons (Fsp3) is 0.200. The summed E-state index contributed by atoms with van der Waals surface area (Å²) in [6.45, 7) is 2.78. The molecule has 0 saturated heterocycles. The number of hydrogen-bond donors (Lipinski definition) is 0. The number of fused-ring (bicyclic) bond motifs is 1. The molecule has 7 nitrogen and oxygen atoms in total. The van der Waals surface area contributed by atoms with Gasteiger partial charge in [-0.25, -0.2) is 4.79 Å². The number of carbonyl (C=O) groups is 2. The largest absolute Gasteiger partial charge is 0.493 e. The Kier molecular flexibility index (Phi) is 5.98. The quantitative estimate of drug-likeness (QED) is 0.442. The van der Waals surface area contributed by atoms with Crippen LogP contribution >= 0.6 is 0 Å². The molecule has 0 bridgehead atoms. The normalized spacial score (nSPS) is 12.1. The van der Waals surface area contributed by atoms with Gasteiger partial charge >= 0.3 is 5.97 Å². The Morgan fingerprint density at radius 3 is 2.28 bits per heavy atom. The molecule has 32 heavy (non-hydrogen) atoms. The molecule has 0 N–H and O–H groups in total. The zero-order valence-corrected chi connectivity index (χ0v) is 18.1. The van der Waals surface area contributed by atoms with Crippen LogP contribution in [0.15, 0.2) is 60.7 Å². The smallest absolute Gasteiger partial charge is 0.343 e. The molecular formula is C25H23NO6. The van der Waals surface area contributed by atoms with Crippen molar-refractivity contribution in [2.24, 2.45) is 0 Å². The van der Waals surface area contributed by atoms with Crippen molar-refractivity contribution in [3.8, 4) is 23.0 Å². The van der Waals surface area contributed by atoms with Gasteiger partial charge in [-0.1, -0.05) is 17.7 Å². The summed E-state index contributed by atoms with van der Waals surface area (Å²) in [5.74, 6) is 0.981. The molecule has 1 aliphatic rings. The summed E-state index contributed by atoms with van der Waals surface area (Å²) in [4.78, 5) is 26.9. The van der Waals surface area contributed by atoms with Crippen LogP contribution in [-0.2, 0) is 0 Å². The lowest BCUT2D eigenvalue weighted by Crippen LogP contribution is -2.26. The second-order valence-electron chi connectivity index (χ2n) is 7.32. The molecule has 0 atom stereocenters. The van der Waals surface area contributed by atoms with Gasteiger partial charge in [-0.3, -0.25) is 4.79 Å². The van der Waals surface area contributed by atoms with E-state index in [0.717, 1.165) is 5.56 Å². The zero-order chi connectivity index (χ0) is 22.7. The molecule has 0 radical (unpaired) electrons. The number of hydrogen-bond acceptors (Lipinski definition) is 6. The van der Waals surface area contributed by atoms with Crippen molar-refractivity contribution in [2.75, 3.05) is 32.3 Å². The predicted molar refractivity (Wildman–Crippen MR) is 119 cm³/mol. The highest BCUT2D eigenvalue weighted by atomic mass is 16.6. The van der Waals surface area contributed by atoms with Crippen LogP contribution in [0.2, 0.25) is 0 Å². The van der Waals surface area contributed by atoms with Crippen LogP contribution in [0.25, 0.3) is 0 Å². The highest BCUT2D eigenvalue weighted by Gasteiger charge is 2.22. The van der Waals surface area contributed by atoms with Gasteiger partial charge in [0.25, 0.3) is 5.91 Å². The second kappa shape index (κ2) is 9.01. The van der Waals surface area contributed by atoms with E-state index >= 15 is 0 Å². The minimum absolute atomic E-state index is 0.127. The maximum Gasteiger partial charge on any atom is 0.343 e. The van der Waals surface area contributed by atoms with Gasteiger partial charge in [-0.2, -0.15) is 0 Å². The summed E-state index contributed by atoms with van der Waals surface area (Å²) in [5, 5.41) is 0. The molecule has 1 heterocycles. The summed E-state index contributed by atoms with van der Waals surface area (Å²) in [5.41, 5.74) is 2.64. The molecule has 0 unspecified atom stereocenters. The maximum absolute atomic E-state index is 12.7. The Bertz CT molecular complexity index is 1120. The van der Waals surface area contributed by atoms with Gasteiger partial charge in [0.2, 0.25) is 5.75 Å². The van der Waals surface area contributed by atoms with E-state index in [0.29, 0.717) is 47.5 Å². The lowest BCUT2D eigenvalue weighted by Gasteiger charge is -2.21. The third-order valence-electron chi connectivity index (χ3n) is 5.10. The number of ether oxygens (including phenoxy) is 4. The van der Waals surface area contributed by atoms with Crippen molar-refractivity contribution in [1.82, 2.24) is 0 Å². The van der Waals surface area contributed by atoms with Crippen LogP contribution in [0.1, 0.15) is 26.3 Å². The first kappa shape index (κ1) is 21.2. The standard InChI is InChI=1S/C25H23NO6/c1-16-4-6-17(7-5-16)24(27)26(2)19-8-10-20(11-9-19)32-25(28)18-14-21(29-3)23-22(15-18)30-12-13-31-23/h4-11,14-15H,12-13H2,1-3H3. The highest BCUT2D eigenvalue weighted by molar-refractivity contribution is 6.05. The van der Waals surface area contributed by atoms with Crippen molar-refractivity contribution in [3.05, 3.63) is 77.4 Å². The van der Waals surface area contributed by atoms with Crippen LogP contribution in [0, 0.1) is 6.92 Å². The number of esters is 1. The summed E-state index contributed by atoms with van der Waals surface area (Å²) in [6.07, 6.45) is 0. The van der Waals surface area contributed by atoms with Gasteiger partial charge in [0.05, 0.1) is 12.7 Å². The molecule has 0 fully saturated rings. The summed E-state index contributed by atoms with van der Waals surface area (Å²) in [6, 6.07) is 17.2. The van der Waals surface area contributed by atoms with Gasteiger partial charge < -0.3 is 23.8 Å². The average Bonchev–Trinajstić information content (AvgIpc) is 2.83. The molecule has 1 amide bonds. The minimum Gasteiger partial charge on any atom is -0.493 e. The molecule has 0 spiro atoms.